The molecule has 0 aliphatic rings. The number of hydrogen-bond donors (Lipinski definition) is 0. The number of nitrogens with zero attached hydrogens (tertiary/aromatic N) is 3. The molecule has 176 valence electrons. The lowest BCUT2D eigenvalue weighted by atomic mass is 9.95. The molecule has 0 spiro atoms. The van der Waals surface area contributed by atoms with E-state index in [0.29, 0.717) is 43.3 Å². The molecule has 2 aromatic carbocycles. The number of halogens is 3. The van der Waals surface area contributed by atoms with Crippen LogP contribution in [0.1, 0.15) is 52.4 Å². The van der Waals surface area contributed by atoms with E-state index in [1.807, 2.05) is 46.8 Å². The van der Waals surface area contributed by atoms with Crippen LogP contribution in [-0.4, -0.2) is 29.1 Å². The van der Waals surface area contributed by atoms with Gasteiger partial charge in [-0.2, -0.15) is 9.78 Å². The van der Waals surface area contributed by atoms with Crippen molar-refractivity contribution in [2.45, 2.75) is 52.6 Å². The first kappa shape index (κ1) is 25.7. The Kier molecular flexibility index (Phi) is 7.91. The molecule has 1 atom stereocenters. The van der Waals surface area contributed by atoms with Gasteiger partial charge in [0.05, 0.1) is 30.3 Å². The fourth-order valence-electron chi connectivity index (χ4n) is 3.11. The van der Waals surface area contributed by atoms with Crippen LogP contribution < -0.4 is 15.0 Å². The average Bonchev–Trinajstić information content (AvgIpc) is 2.76. The van der Waals surface area contributed by atoms with E-state index in [9.17, 15) is 4.79 Å². The number of hydrogen-bond acceptors (Lipinski definition) is 5. The van der Waals surface area contributed by atoms with Crippen LogP contribution in [0.5, 0.6) is 11.5 Å². The van der Waals surface area contributed by atoms with Gasteiger partial charge in [0.15, 0.2) is 11.5 Å². The van der Waals surface area contributed by atoms with Crippen LogP contribution in [0.4, 0.5) is 0 Å². The second-order valence-electron chi connectivity index (χ2n) is 8.67. The Hall–Kier alpha value is -1.90. The molecule has 3 rings (SSSR count). The molecule has 0 aliphatic heterocycles. The fraction of sp³-hybridized carbons (Fsp3) is 0.375. The highest BCUT2D eigenvalue weighted by molar-refractivity contribution is 9.10. The molecule has 0 amide bonds. The van der Waals surface area contributed by atoms with Crippen LogP contribution >= 0.6 is 43.5 Å². The Morgan fingerprint density at radius 2 is 1.97 bits per heavy atom. The first-order valence-electron chi connectivity index (χ1n) is 10.5. The molecule has 0 fully saturated rings. The molecule has 0 N–H and O–H groups in total. The van der Waals surface area contributed by atoms with Gasteiger partial charge in [0.1, 0.15) is 10.8 Å². The lowest BCUT2D eigenvalue weighted by molar-refractivity contribution is 0.207. The van der Waals surface area contributed by atoms with Gasteiger partial charge in [-0.05, 0) is 53.5 Å². The lowest BCUT2D eigenvalue weighted by Crippen LogP contribution is -2.29. The third-order valence-electron chi connectivity index (χ3n) is 5.06. The van der Waals surface area contributed by atoms with E-state index in [2.05, 4.69) is 37.0 Å². The van der Waals surface area contributed by atoms with Gasteiger partial charge in [-0.3, -0.25) is 4.79 Å². The van der Waals surface area contributed by atoms with Crippen LogP contribution in [0.3, 0.4) is 0 Å². The zero-order chi connectivity index (χ0) is 24.5. The van der Waals surface area contributed by atoms with Crippen molar-refractivity contribution in [2.75, 3.05) is 7.11 Å². The van der Waals surface area contributed by atoms with Crippen molar-refractivity contribution in [3.05, 3.63) is 60.0 Å². The third kappa shape index (κ3) is 5.44. The van der Waals surface area contributed by atoms with Crippen molar-refractivity contribution in [3.63, 3.8) is 0 Å². The number of fused-ring (bicyclic) bond motifs is 1. The molecule has 0 saturated heterocycles. The molecule has 0 aliphatic carbocycles. The highest BCUT2D eigenvalue weighted by atomic mass is 79.9. The molecule has 33 heavy (non-hydrogen) atoms. The maximum Gasteiger partial charge on any atom is 0.282 e. The Morgan fingerprint density at radius 1 is 1.27 bits per heavy atom. The summed E-state index contributed by atoms with van der Waals surface area (Å²) in [4.78, 5) is 18.1. The van der Waals surface area contributed by atoms with Crippen LogP contribution in [0.15, 0.2) is 43.1 Å². The SMILES string of the molecule is CC[C@H](C)Oc1c(OC)cc(C=Nn2c(C(C)(C)C)nc3ccc(Br)cc3c2=O)c(Br)c1Cl. The first-order valence-corrected chi connectivity index (χ1v) is 12.4. The first-order chi connectivity index (χ1) is 15.5. The second kappa shape index (κ2) is 10.2. The van der Waals surface area contributed by atoms with Gasteiger partial charge in [-0.25, -0.2) is 4.98 Å². The fourth-order valence-corrected chi connectivity index (χ4v) is 4.11. The van der Waals surface area contributed by atoms with Crippen LogP contribution in [0.25, 0.3) is 10.9 Å². The number of methoxy groups -OCH3 is 1. The summed E-state index contributed by atoms with van der Waals surface area (Å²) in [5.74, 6) is 1.49. The number of rotatable bonds is 6. The van der Waals surface area contributed by atoms with E-state index in [1.165, 1.54) is 4.68 Å². The quantitative estimate of drug-likeness (QED) is 0.288. The van der Waals surface area contributed by atoms with Crippen molar-refractivity contribution in [1.82, 2.24) is 9.66 Å². The number of aromatic nitrogens is 2. The van der Waals surface area contributed by atoms with E-state index in [4.69, 9.17) is 26.1 Å². The molecule has 0 radical (unpaired) electrons. The Labute approximate surface area is 215 Å². The van der Waals surface area contributed by atoms with Gasteiger partial charge in [-0.15, -0.1) is 0 Å². The zero-order valence-corrected chi connectivity index (χ0v) is 23.3. The summed E-state index contributed by atoms with van der Waals surface area (Å²) in [6, 6.07) is 7.20. The van der Waals surface area contributed by atoms with Gasteiger partial charge >= 0.3 is 0 Å². The monoisotopic (exact) mass is 597 g/mol. The minimum atomic E-state index is -0.418. The Balaban J connectivity index is 2.19. The van der Waals surface area contributed by atoms with E-state index in [0.717, 1.165) is 10.9 Å². The van der Waals surface area contributed by atoms with Crippen molar-refractivity contribution in [1.29, 1.82) is 0 Å². The van der Waals surface area contributed by atoms with Crippen LogP contribution in [-0.2, 0) is 5.41 Å². The van der Waals surface area contributed by atoms with Gasteiger partial charge in [0, 0.05) is 19.9 Å². The smallest absolute Gasteiger partial charge is 0.282 e. The molecule has 3 aromatic rings. The molecule has 1 heterocycles. The maximum atomic E-state index is 13.4. The minimum Gasteiger partial charge on any atom is -0.493 e. The van der Waals surface area contributed by atoms with Gasteiger partial charge in [0.25, 0.3) is 5.56 Å². The molecular formula is C24H26Br2ClN3O3. The predicted molar refractivity (Wildman–Crippen MR) is 141 cm³/mol. The van der Waals surface area contributed by atoms with E-state index in [1.54, 1.807) is 25.5 Å². The zero-order valence-electron chi connectivity index (χ0n) is 19.4. The third-order valence-corrected chi connectivity index (χ3v) is 7.00. The average molecular weight is 600 g/mol. The van der Waals surface area contributed by atoms with Gasteiger partial charge in [-0.1, -0.05) is 55.2 Å². The van der Waals surface area contributed by atoms with Crippen molar-refractivity contribution in [2.24, 2.45) is 5.10 Å². The van der Waals surface area contributed by atoms with Gasteiger partial charge < -0.3 is 9.47 Å². The molecule has 0 bridgehead atoms. The number of benzene rings is 2. The summed E-state index contributed by atoms with van der Waals surface area (Å²) in [5, 5.41) is 5.37. The normalized spacial score (nSPS) is 13.0. The van der Waals surface area contributed by atoms with E-state index >= 15 is 0 Å². The molecule has 9 heteroatoms. The van der Waals surface area contributed by atoms with Crippen LogP contribution in [0, 0.1) is 0 Å². The molecule has 6 nitrogen and oxygen atoms in total. The topological polar surface area (TPSA) is 65.7 Å². The summed E-state index contributed by atoms with van der Waals surface area (Å²) in [5.41, 5.74) is 0.582. The largest absolute Gasteiger partial charge is 0.493 e. The molecule has 1 aromatic heterocycles. The standard InChI is InChI=1S/C24H26Br2ClN3O3/c1-7-13(2)33-21-18(32-6)10-14(19(26)20(21)27)12-28-30-22(31)16-11-15(25)8-9-17(16)29-23(30)24(3,4)5/h8-13H,7H2,1-6H3/t13-/m0/s1. The summed E-state index contributed by atoms with van der Waals surface area (Å²) >= 11 is 13.6. The van der Waals surface area contributed by atoms with Crippen molar-refractivity contribution >= 4 is 60.6 Å². The summed E-state index contributed by atoms with van der Waals surface area (Å²) in [6.07, 6.45) is 2.36. The lowest BCUT2D eigenvalue weighted by Gasteiger charge is -2.21. The summed E-state index contributed by atoms with van der Waals surface area (Å²) in [6.45, 7) is 9.96. The van der Waals surface area contributed by atoms with E-state index in [-0.39, 0.29) is 11.7 Å². The maximum absolute atomic E-state index is 13.4. The number of ether oxygens (including phenoxy) is 2. The molecular weight excluding hydrogens is 574 g/mol. The van der Waals surface area contributed by atoms with E-state index < -0.39 is 5.41 Å². The van der Waals surface area contributed by atoms with Gasteiger partial charge in [0.2, 0.25) is 0 Å². The molecule has 0 unspecified atom stereocenters. The predicted octanol–water partition coefficient (Wildman–Crippen LogP) is 6.94. The summed E-state index contributed by atoms with van der Waals surface area (Å²) in [7, 11) is 1.55. The van der Waals surface area contributed by atoms with Crippen molar-refractivity contribution in [3.8, 4) is 11.5 Å². The highest BCUT2D eigenvalue weighted by Gasteiger charge is 2.23. The van der Waals surface area contributed by atoms with Crippen LogP contribution in [0.2, 0.25) is 5.02 Å². The van der Waals surface area contributed by atoms with Crippen molar-refractivity contribution < 1.29 is 9.47 Å². The Bertz CT molecular complexity index is 1280. The molecule has 0 saturated carbocycles. The Morgan fingerprint density at radius 3 is 2.58 bits per heavy atom. The highest BCUT2D eigenvalue weighted by Crippen LogP contribution is 2.42. The summed E-state index contributed by atoms with van der Waals surface area (Å²) < 4.78 is 14.2. The second-order valence-corrected chi connectivity index (χ2v) is 10.8. The minimum absolute atomic E-state index is 0.0289.